The lowest BCUT2D eigenvalue weighted by Crippen LogP contribution is -2.31. The minimum atomic E-state index is -0.00713. The normalized spacial score (nSPS) is 24.6. The van der Waals surface area contributed by atoms with E-state index in [1.54, 1.807) is 6.20 Å². The standard InChI is InChI=1S/C12H17ClN2OS/c1-8-14-7-11(17-8)12(16)15-6-9-3-2-4-10(13)5-9/h7,9-10H,2-6H2,1H3,(H,15,16). The van der Waals surface area contributed by atoms with Gasteiger partial charge in [-0.3, -0.25) is 4.79 Å². The van der Waals surface area contributed by atoms with Crippen molar-refractivity contribution in [3.8, 4) is 0 Å². The Hall–Kier alpha value is -0.610. The number of hydrogen-bond donors (Lipinski definition) is 1. The molecule has 0 radical (unpaired) electrons. The third kappa shape index (κ3) is 3.68. The van der Waals surface area contributed by atoms with Crippen LogP contribution in [0.1, 0.15) is 40.4 Å². The Bertz CT molecular complexity index is 394. The zero-order valence-corrected chi connectivity index (χ0v) is 11.5. The summed E-state index contributed by atoms with van der Waals surface area (Å²) in [5, 5.41) is 4.19. The molecule has 0 saturated heterocycles. The number of rotatable bonds is 3. The molecule has 0 bridgehead atoms. The van der Waals surface area contributed by atoms with Crippen LogP contribution >= 0.6 is 22.9 Å². The van der Waals surface area contributed by atoms with Crippen molar-refractivity contribution in [2.75, 3.05) is 6.54 Å². The van der Waals surface area contributed by atoms with E-state index < -0.39 is 0 Å². The van der Waals surface area contributed by atoms with Crippen LogP contribution in [0.15, 0.2) is 6.20 Å². The number of nitrogens with zero attached hydrogens (tertiary/aromatic N) is 1. The van der Waals surface area contributed by atoms with E-state index in [-0.39, 0.29) is 11.3 Å². The van der Waals surface area contributed by atoms with Gasteiger partial charge in [0.2, 0.25) is 0 Å². The minimum absolute atomic E-state index is 0.00713. The van der Waals surface area contributed by atoms with E-state index in [2.05, 4.69) is 10.3 Å². The highest BCUT2D eigenvalue weighted by Gasteiger charge is 2.21. The molecule has 1 aromatic heterocycles. The smallest absolute Gasteiger partial charge is 0.263 e. The van der Waals surface area contributed by atoms with E-state index >= 15 is 0 Å². The van der Waals surface area contributed by atoms with E-state index in [1.165, 1.54) is 24.2 Å². The Morgan fingerprint density at radius 3 is 3.12 bits per heavy atom. The molecule has 2 atom stereocenters. The van der Waals surface area contributed by atoms with Gasteiger partial charge in [-0.1, -0.05) is 6.42 Å². The highest BCUT2D eigenvalue weighted by molar-refractivity contribution is 7.13. The highest BCUT2D eigenvalue weighted by atomic mass is 35.5. The summed E-state index contributed by atoms with van der Waals surface area (Å²) in [7, 11) is 0. The molecule has 17 heavy (non-hydrogen) atoms. The van der Waals surface area contributed by atoms with E-state index in [4.69, 9.17) is 11.6 Å². The predicted octanol–water partition coefficient (Wildman–Crippen LogP) is 2.98. The lowest BCUT2D eigenvalue weighted by Gasteiger charge is -2.25. The number of alkyl halides is 1. The number of amides is 1. The van der Waals surface area contributed by atoms with Crippen LogP contribution in [0.25, 0.3) is 0 Å². The van der Waals surface area contributed by atoms with Crippen LogP contribution in [-0.4, -0.2) is 22.8 Å². The summed E-state index contributed by atoms with van der Waals surface area (Å²) >= 11 is 7.56. The Morgan fingerprint density at radius 2 is 2.47 bits per heavy atom. The summed E-state index contributed by atoms with van der Waals surface area (Å²) < 4.78 is 0. The van der Waals surface area contributed by atoms with Crippen LogP contribution in [0.5, 0.6) is 0 Å². The molecule has 1 aromatic rings. The molecule has 94 valence electrons. The second-order valence-corrected chi connectivity index (χ2v) is 6.44. The molecule has 1 fully saturated rings. The Labute approximate surface area is 111 Å². The van der Waals surface area contributed by atoms with Crippen LogP contribution < -0.4 is 5.32 Å². The molecule has 1 saturated carbocycles. The van der Waals surface area contributed by atoms with Crippen molar-refractivity contribution in [2.24, 2.45) is 5.92 Å². The van der Waals surface area contributed by atoms with Gasteiger partial charge in [-0.2, -0.15) is 0 Å². The molecule has 2 rings (SSSR count). The zero-order chi connectivity index (χ0) is 12.3. The van der Waals surface area contributed by atoms with Gasteiger partial charge in [0.15, 0.2) is 0 Å². The van der Waals surface area contributed by atoms with Gasteiger partial charge in [0.25, 0.3) is 5.91 Å². The molecule has 1 N–H and O–H groups in total. The Kier molecular flexibility index (Phi) is 4.40. The molecular weight excluding hydrogens is 256 g/mol. The van der Waals surface area contributed by atoms with Crippen LogP contribution in [-0.2, 0) is 0 Å². The largest absolute Gasteiger partial charge is 0.351 e. The van der Waals surface area contributed by atoms with Crippen molar-refractivity contribution < 1.29 is 4.79 Å². The zero-order valence-electron chi connectivity index (χ0n) is 9.91. The first kappa shape index (κ1) is 12.8. The van der Waals surface area contributed by atoms with Gasteiger partial charge in [-0.25, -0.2) is 4.98 Å². The molecule has 1 amide bonds. The van der Waals surface area contributed by atoms with E-state index in [1.807, 2.05) is 6.92 Å². The second kappa shape index (κ2) is 5.83. The van der Waals surface area contributed by atoms with Crippen molar-refractivity contribution in [2.45, 2.75) is 38.0 Å². The molecular formula is C12H17ClN2OS. The van der Waals surface area contributed by atoms with E-state index in [0.29, 0.717) is 10.8 Å². The van der Waals surface area contributed by atoms with Gasteiger partial charge in [0, 0.05) is 11.9 Å². The molecule has 0 aliphatic heterocycles. The summed E-state index contributed by atoms with van der Waals surface area (Å²) in [5.41, 5.74) is 0. The summed E-state index contributed by atoms with van der Waals surface area (Å²) in [6.45, 7) is 2.64. The number of halogens is 1. The number of thiazole rings is 1. The quantitative estimate of drug-likeness (QED) is 0.860. The fraction of sp³-hybridized carbons (Fsp3) is 0.667. The number of nitrogens with one attached hydrogen (secondary N) is 1. The topological polar surface area (TPSA) is 42.0 Å². The average molecular weight is 273 g/mol. The molecule has 3 nitrogen and oxygen atoms in total. The monoisotopic (exact) mass is 272 g/mol. The van der Waals surface area contributed by atoms with Gasteiger partial charge in [0.1, 0.15) is 4.88 Å². The van der Waals surface area contributed by atoms with E-state index in [0.717, 1.165) is 24.4 Å². The number of carbonyl (C=O) groups excluding carboxylic acids is 1. The van der Waals surface area contributed by atoms with Gasteiger partial charge in [-0.05, 0) is 32.1 Å². The highest BCUT2D eigenvalue weighted by Crippen LogP contribution is 2.27. The summed E-state index contributed by atoms with van der Waals surface area (Å²) in [6, 6.07) is 0. The van der Waals surface area contributed by atoms with Gasteiger partial charge < -0.3 is 5.32 Å². The molecule has 5 heteroatoms. The van der Waals surface area contributed by atoms with Crippen molar-refractivity contribution in [1.82, 2.24) is 10.3 Å². The maximum atomic E-state index is 11.8. The SMILES string of the molecule is Cc1ncc(C(=O)NCC2CCCC(Cl)C2)s1. The van der Waals surface area contributed by atoms with Crippen LogP contribution in [0.2, 0.25) is 0 Å². The van der Waals surface area contributed by atoms with Crippen molar-refractivity contribution >= 4 is 28.8 Å². The Balaban J connectivity index is 1.80. The molecule has 1 aliphatic rings. The lowest BCUT2D eigenvalue weighted by atomic mass is 9.89. The third-order valence-electron chi connectivity index (χ3n) is 3.12. The fourth-order valence-corrected chi connectivity index (χ4v) is 3.30. The fourth-order valence-electron chi connectivity index (χ4n) is 2.20. The first-order valence-electron chi connectivity index (χ1n) is 6.00. The number of hydrogen-bond acceptors (Lipinski definition) is 3. The van der Waals surface area contributed by atoms with Gasteiger partial charge in [-0.15, -0.1) is 22.9 Å². The van der Waals surface area contributed by atoms with Crippen molar-refractivity contribution in [3.05, 3.63) is 16.1 Å². The molecule has 1 aliphatic carbocycles. The van der Waals surface area contributed by atoms with Crippen molar-refractivity contribution in [1.29, 1.82) is 0 Å². The average Bonchev–Trinajstić information content (AvgIpc) is 2.73. The molecule has 0 aromatic carbocycles. The van der Waals surface area contributed by atoms with E-state index in [9.17, 15) is 4.79 Å². The van der Waals surface area contributed by atoms with Gasteiger partial charge in [0.05, 0.1) is 11.2 Å². The number of carbonyl (C=O) groups is 1. The van der Waals surface area contributed by atoms with Crippen LogP contribution in [0.3, 0.4) is 0 Å². The van der Waals surface area contributed by atoms with Crippen molar-refractivity contribution in [3.63, 3.8) is 0 Å². The van der Waals surface area contributed by atoms with Crippen LogP contribution in [0.4, 0.5) is 0 Å². The maximum absolute atomic E-state index is 11.8. The minimum Gasteiger partial charge on any atom is -0.351 e. The molecule has 1 heterocycles. The summed E-state index contributed by atoms with van der Waals surface area (Å²) in [6.07, 6.45) is 6.11. The lowest BCUT2D eigenvalue weighted by molar-refractivity contribution is 0.0947. The Morgan fingerprint density at radius 1 is 1.65 bits per heavy atom. The number of aryl methyl sites for hydroxylation is 1. The summed E-state index contributed by atoms with van der Waals surface area (Å²) in [4.78, 5) is 16.6. The third-order valence-corrected chi connectivity index (χ3v) is 4.42. The van der Waals surface area contributed by atoms with Crippen LogP contribution in [0, 0.1) is 12.8 Å². The predicted molar refractivity (Wildman–Crippen MR) is 70.8 cm³/mol. The molecule has 0 spiro atoms. The first-order chi connectivity index (χ1) is 8.15. The first-order valence-corrected chi connectivity index (χ1v) is 7.25. The maximum Gasteiger partial charge on any atom is 0.263 e. The number of aromatic nitrogens is 1. The summed E-state index contributed by atoms with van der Waals surface area (Å²) in [5.74, 6) is 0.525. The molecule has 2 unspecified atom stereocenters. The van der Waals surface area contributed by atoms with Gasteiger partial charge >= 0.3 is 0 Å². The second-order valence-electron chi connectivity index (χ2n) is 4.58.